The fourth-order valence-corrected chi connectivity index (χ4v) is 2.75. The van der Waals surface area contributed by atoms with Crippen molar-refractivity contribution >= 4 is 17.7 Å². The van der Waals surface area contributed by atoms with E-state index in [9.17, 15) is 9.59 Å². The van der Waals surface area contributed by atoms with Crippen LogP contribution in [0.5, 0.6) is 0 Å². The van der Waals surface area contributed by atoms with Crippen molar-refractivity contribution in [2.24, 2.45) is 0 Å². The molecule has 1 N–H and O–H groups in total. The maximum absolute atomic E-state index is 12.3. The molecule has 1 amide bonds. The van der Waals surface area contributed by atoms with Gasteiger partial charge in [0.15, 0.2) is 6.61 Å². The van der Waals surface area contributed by atoms with Crippen LogP contribution >= 0.6 is 0 Å². The molecular weight excluding hydrogens is 354 g/mol. The molecule has 0 aliphatic heterocycles. The summed E-state index contributed by atoms with van der Waals surface area (Å²) in [5.74, 6) is -0.0535. The molecule has 0 radical (unpaired) electrons. The summed E-state index contributed by atoms with van der Waals surface area (Å²) in [6, 6.07) is 18.4. The zero-order valence-electron chi connectivity index (χ0n) is 16.2. The third-order valence-electron chi connectivity index (χ3n) is 4.25. The first-order chi connectivity index (χ1) is 13.4. The summed E-state index contributed by atoms with van der Waals surface area (Å²) >= 11 is 0. The van der Waals surface area contributed by atoms with Crippen molar-refractivity contribution in [3.8, 4) is 5.69 Å². The van der Waals surface area contributed by atoms with Crippen LogP contribution < -0.4 is 5.32 Å². The summed E-state index contributed by atoms with van der Waals surface area (Å²) in [6.07, 6.45) is 0. The maximum Gasteiger partial charge on any atom is 0.338 e. The number of nitrogens with one attached hydrogen (secondary N) is 1. The highest BCUT2D eigenvalue weighted by molar-refractivity contribution is 5.95. The number of benzene rings is 2. The van der Waals surface area contributed by atoms with E-state index in [-0.39, 0.29) is 6.61 Å². The number of ether oxygens (including phenoxy) is 1. The minimum Gasteiger partial charge on any atom is -0.452 e. The fraction of sp³-hybridized carbons (Fsp3) is 0.227. The topological polar surface area (TPSA) is 73.2 Å². The Balaban J connectivity index is 1.61. The minimum absolute atomic E-state index is 0.371. The van der Waals surface area contributed by atoms with Gasteiger partial charge in [0, 0.05) is 6.07 Å². The second-order valence-corrected chi connectivity index (χ2v) is 6.82. The van der Waals surface area contributed by atoms with Crippen molar-refractivity contribution in [2.45, 2.75) is 26.7 Å². The molecule has 0 aliphatic rings. The number of esters is 1. The van der Waals surface area contributed by atoms with E-state index in [1.54, 1.807) is 22.9 Å². The molecule has 6 heteroatoms. The molecule has 2 aromatic carbocycles. The molecule has 0 saturated heterocycles. The third kappa shape index (κ3) is 4.65. The number of carbonyl (C=O) groups excluding carboxylic acids is 2. The number of hydrogen-bond acceptors (Lipinski definition) is 4. The van der Waals surface area contributed by atoms with Crippen molar-refractivity contribution in [1.29, 1.82) is 0 Å². The van der Waals surface area contributed by atoms with Gasteiger partial charge in [0.05, 0.1) is 16.9 Å². The molecular formula is C22H23N3O3. The zero-order valence-corrected chi connectivity index (χ0v) is 16.2. The number of hydrogen-bond donors (Lipinski definition) is 1. The van der Waals surface area contributed by atoms with Gasteiger partial charge in [0.25, 0.3) is 5.91 Å². The molecule has 0 fully saturated rings. The van der Waals surface area contributed by atoms with Crippen LogP contribution in [0.1, 0.15) is 41.4 Å². The van der Waals surface area contributed by atoms with E-state index >= 15 is 0 Å². The SMILES string of the molecule is Cc1cc(NC(=O)COC(=O)c2ccc(C(C)C)cc2)n(-c2ccccc2)n1. The summed E-state index contributed by atoms with van der Waals surface area (Å²) in [6.45, 7) is 5.64. The lowest BCUT2D eigenvalue weighted by molar-refractivity contribution is -0.119. The highest BCUT2D eigenvalue weighted by Crippen LogP contribution is 2.17. The third-order valence-corrected chi connectivity index (χ3v) is 4.25. The van der Waals surface area contributed by atoms with Crippen LogP contribution in [0.2, 0.25) is 0 Å². The average molecular weight is 377 g/mol. The summed E-state index contributed by atoms with van der Waals surface area (Å²) in [7, 11) is 0. The van der Waals surface area contributed by atoms with E-state index in [2.05, 4.69) is 24.3 Å². The van der Waals surface area contributed by atoms with Crippen molar-refractivity contribution in [3.05, 3.63) is 77.5 Å². The lowest BCUT2D eigenvalue weighted by Crippen LogP contribution is -2.22. The molecule has 1 aromatic heterocycles. The Kier molecular flexibility index (Phi) is 5.89. The van der Waals surface area contributed by atoms with E-state index in [0.29, 0.717) is 17.3 Å². The van der Waals surface area contributed by atoms with Crippen molar-refractivity contribution in [3.63, 3.8) is 0 Å². The van der Waals surface area contributed by atoms with E-state index in [0.717, 1.165) is 16.9 Å². The predicted octanol–water partition coefficient (Wildman–Crippen LogP) is 4.10. The molecule has 0 bridgehead atoms. The van der Waals surface area contributed by atoms with Gasteiger partial charge in [0.1, 0.15) is 5.82 Å². The van der Waals surface area contributed by atoms with Crippen LogP contribution in [-0.2, 0) is 9.53 Å². The largest absolute Gasteiger partial charge is 0.452 e. The Hall–Kier alpha value is -3.41. The van der Waals surface area contributed by atoms with Gasteiger partial charge in [-0.3, -0.25) is 4.79 Å². The number of amides is 1. The molecule has 0 atom stereocenters. The summed E-state index contributed by atoms with van der Waals surface area (Å²) in [4.78, 5) is 24.4. The normalized spacial score (nSPS) is 10.7. The molecule has 1 heterocycles. The average Bonchev–Trinajstić information content (AvgIpc) is 3.06. The first-order valence-electron chi connectivity index (χ1n) is 9.13. The van der Waals surface area contributed by atoms with Gasteiger partial charge in [-0.25, -0.2) is 9.48 Å². The van der Waals surface area contributed by atoms with Crippen molar-refractivity contribution < 1.29 is 14.3 Å². The highest BCUT2D eigenvalue weighted by atomic mass is 16.5. The summed E-state index contributed by atoms with van der Waals surface area (Å²) < 4.78 is 6.77. The summed E-state index contributed by atoms with van der Waals surface area (Å²) in [5, 5.41) is 7.14. The molecule has 28 heavy (non-hydrogen) atoms. The van der Waals surface area contributed by atoms with Crippen molar-refractivity contribution in [2.75, 3.05) is 11.9 Å². The number of aromatic nitrogens is 2. The predicted molar refractivity (Wildman–Crippen MR) is 108 cm³/mol. The quantitative estimate of drug-likeness (QED) is 0.657. The van der Waals surface area contributed by atoms with Gasteiger partial charge < -0.3 is 10.1 Å². The first kappa shape index (κ1) is 19.4. The van der Waals surface area contributed by atoms with Gasteiger partial charge in [-0.2, -0.15) is 5.10 Å². The van der Waals surface area contributed by atoms with Crippen LogP contribution in [0.3, 0.4) is 0 Å². The lowest BCUT2D eigenvalue weighted by Gasteiger charge is -2.10. The molecule has 0 spiro atoms. The molecule has 0 unspecified atom stereocenters. The summed E-state index contributed by atoms with van der Waals surface area (Å²) in [5.41, 5.74) is 3.15. The van der Waals surface area contributed by atoms with E-state index < -0.39 is 11.9 Å². The monoisotopic (exact) mass is 377 g/mol. The molecule has 3 rings (SSSR count). The lowest BCUT2D eigenvalue weighted by atomic mass is 10.0. The Labute approximate surface area is 164 Å². The highest BCUT2D eigenvalue weighted by Gasteiger charge is 2.14. The van der Waals surface area contributed by atoms with Crippen LogP contribution in [-0.4, -0.2) is 28.3 Å². The molecule has 6 nitrogen and oxygen atoms in total. The van der Waals surface area contributed by atoms with Gasteiger partial charge in [-0.1, -0.05) is 44.2 Å². The minimum atomic E-state index is -0.529. The van der Waals surface area contributed by atoms with E-state index in [4.69, 9.17) is 4.74 Å². The number of rotatable bonds is 6. The number of carbonyl (C=O) groups is 2. The number of nitrogens with zero attached hydrogens (tertiary/aromatic N) is 2. The molecule has 0 aliphatic carbocycles. The second kappa shape index (κ2) is 8.52. The number of anilines is 1. The van der Waals surface area contributed by atoms with E-state index in [1.165, 1.54) is 0 Å². The Morgan fingerprint density at radius 2 is 1.75 bits per heavy atom. The first-order valence-corrected chi connectivity index (χ1v) is 9.13. The van der Waals surface area contributed by atoms with Crippen LogP contribution in [0.15, 0.2) is 60.7 Å². The Morgan fingerprint density at radius 3 is 2.39 bits per heavy atom. The fourth-order valence-electron chi connectivity index (χ4n) is 2.75. The van der Waals surface area contributed by atoms with Gasteiger partial charge >= 0.3 is 5.97 Å². The zero-order chi connectivity index (χ0) is 20.1. The van der Waals surface area contributed by atoms with Crippen LogP contribution in [0.25, 0.3) is 5.69 Å². The van der Waals surface area contributed by atoms with Gasteiger partial charge in [-0.05, 0) is 42.7 Å². The maximum atomic E-state index is 12.3. The molecule has 0 saturated carbocycles. The van der Waals surface area contributed by atoms with Crippen LogP contribution in [0.4, 0.5) is 5.82 Å². The Morgan fingerprint density at radius 1 is 1.07 bits per heavy atom. The number of aryl methyl sites for hydroxylation is 1. The second-order valence-electron chi connectivity index (χ2n) is 6.82. The number of para-hydroxylation sites is 1. The van der Waals surface area contributed by atoms with Gasteiger partial charge in [-0.15, -0.1) is 0 Å². The molecule has 144 valence electrons. The van der Waals surface area contributed by atoms with Crippen LogP contribution in [0, 0.1) is 6.92 Å². The van der Waals surface area contributed by atoms with Gasteiger partial charge in [0.2, 0.25) is 0 Å². The van der Waals surface area contributed by atoms with Crippen molar-refractivity contribution in [1.82, 2.24) is 9.78 Å². The standard InChI is InChI=1S/C22H23N3O3/c1-15(2)17-9-11-18(12-10-17)22(27)28-14-21(26)23-20-13-16(3)24-25(20)19-7-5-4-6-8-19/h4-13,15H,14H2,1-3H3,(H,23,26). The Bertz CT molecular complexity index is 960. The molecule has 3 aromatic rings. The van der Waals surface area contributed by atoms with E-state index in [1.807, 2.05) is 49.4 Å². The smallest absolute Gasteiger partial charge is 0.338 e.